The summed E-state index contributed by atoms with van der Waals surface area (Å²) in [6.07, 6.45) is 3.79. The number of hydrogen-bond donors (Lipinski definition) is 2. The predicted octanol–water partition coefficient (Wildman–Crippen LogP) is -0.311. The predicted molar refractivity (Wildman–Crippen MR) is 54.8 cm³/mol. The van der Waals surface area contributed by atoms with Crippen LogP contribution >= 0.6 is 0 Å². The van der Waals surface area contributed by atoms with Crippen molar-refractivity contribution >= 4 is 5.96 Å². The van der Waals surface area contributed by atoms with Crippen molar-refractivity contribution < 1.29 is 4.74 Å². The van der Waals surface area contributed by atoms with Crippen molar-refractivity contribution in [3.8, 4) is 0 Å². The first kappa shape index (κ1) is 9.73. The van der Waals surface area contributed by atoms with Crippen LogP contribution in [0.2, 0.25) is 0 Å². The number of nitrogens with zero attached hydrogens (tertiary/aromatic N) is 2. The van der Waals surface area contributed by atoms with Gasteiger partial charge in [-0.3, -0.25) is 5.43 Å². The molecule has 0 aromatic carbocycles. The molecule has 14 heavy (non-hydrogen) atoms. The molecule has 0 amide bonds. The summed E-state index contributed by atoms with van der Waals surface area (Å²) in [6.45, 7) is 1.88. The molecule has 1 saturated carbocycles. The number of guanidine groups is 1. The maximum absolute atomic E-state index is 5.45. The Bertz CT molecular complexity index is 227. The van der Waals surface area contributed by atoms with E-state index >= 15 is 0 Å². The third-order valence-corrected chi connectivity index (χ3v) is 2.76. The van der Waals surface area contributed by atoms with Gasteiger partial charge in [0.05, 0.1) is 12.1 Å². The molecule has 5 heteroatoms. The molecule has 2 fully saturated rings. The Morgan fingerprint density at radius 3 is 2.79 bits per heavy atom. The molecule has 80 valence electrons. The van der Waals surface area contributed by atoms with E-state index in [1.807, 2.05) is 0 Å². The molecule has 0 radical (unpaired) electrons. The summed E-state index contributed by atoms with van der Waals surface area (Å²) >= 11 is 0. The number of rotatable bonds is 2. The van der Waals surface area contributed by atoms with Gasteiger partial charge in [-0.15, -0.1) is 0 Å². The SMILES string of the molecule is COC1CCN(C(=NC2CC2)NN)C1. The normalized spacial score (nSPS) is 28.3. The minimum Gasteiger partial charge on any atom is -0.380 e. The Hall–Kier alpha value is -0.810. The van der Waals surface area contributed by atoms with Gasteiger partial charge in [0.1, 0.15) is 0 Å². The van der Waals surface area contributed by atoms with Crippen LogP contribution in [0, 0.1) is 0 Å². The fourth-order valence-corrected chi connectivity index (χ4v) is 1.70. The molecule has 1 unspecified atom stereocenters. The number of nitrogens with two attached hydrogens (primary N) is 1. The van der Waals surface area contributed by atoms with E-state index < -0.39 is 0 Å². The minimum absolute atomic E-state index is 0.327. The highest BCUT2D eigenvalue weighted by Crippen LogP contribution is 2.24. The molecule has 1 aliphatic carbocycles. The van der Waals surface area contributed by atoms with Gasteiger partial charge in [0, 0.05) is 20.2 Å². The smallest absolute Gasteiger partial charge is 0.208 e. The third-order valence-electron chi connectivity index (χ3n) is 2.76. The number of hydrazine groups is 1. The van der Waals surface area contributed by atoms with Crippen molar-refractivity contribution in [2.75, 3.05) is 20.2 Å². The fourth-order valence-electron chi connectivity index (χ4n) is 1.70. The summed E-state index contributed by atoms with van der Waals surface area (Å²) in [5.41, 5.74) is 2.68. The summed E-state index contributed by atoms with van der Waals surface area (Å²) in [7, 11) is 1.75. The largest absolute Gasteiger partial charge is 0.380 e. The maximum Gasteiger partial charge on any atom is 0.208 e. The molecule has 0 spiro atoms. The first-order valence-corrected chi connectivity index (χ1v) is 5.15. The second-order valence-corrected chi connectivity index (χ2v) is 3.92. The highest BCUT2D eigenvalue weighted by atomic mass is 16.5. The molecular formula is C9H18N4O. The van der Waals surface area contributed by atoms with E-state index in [0.717, 1.165) is 25.5 Å². The van der Waals surface area contributed by atoms with Gasteiger partial charge in [-0.1, -0.05) is 0 Å². The zero-order valence-electron chi connectivity index (χ0n) is 8.57. The van der Waals surface area contributed by atoms with Crippen LogP contribution in [-0.2, 0) is 4.74 Å². The highest BCUT2D eigenvalue weighted by Gasteiger charge is 2.27. The quantitative estimate of drug-likeness (QED) is 0.276. The maximum atomic E-state index is 5.45. The molecule has 3 N–H and O–H groups in total. The number of methoxy groups -OCH3 is 1. The fraction of sp³-hybridized carbons (Fsp3) is 0.889. The lowest BCUT2D eigenvalue weighted by Crippen LogP contribution is -2.44. The van der Waals surface area contributed by atoms with E-state index in [1.54, 1.807) is 7.11 Å². The first-order chi connectivity index (χ1) is 6.83. The summed E-state index contributed by atoms with van der Waals surface area (Å²) in [5, 5.41) is 0. The van der Waals surface area contributed by atoms with Crippen molar-refractivity contribution in [3.05, 3.63) is 0 Å². The average molecular weight is 198 g/mol. The van der Waals surface area contributed by atoms with Crippen LogP contribution in [0.3, 0.4) is 0 Å². The van der Waals surface area contributed by atoms with Gasteiger partial charge in [0.25, 0.3) is 0 Å². The molecule has 0 aromatic heterocycles. The number of nitrogens with one attached hydrogen (secondary N) is 1. The van der Waals surface area contributed by atoms with Crippen molar-refractivity contribution in [1.82, 2.24) is 10.3 Å². The van der Waals surface area contributed by atoms with Gasteiger partial charge in [-0.05, 0) is 19.3 Å². The number of hydrogen-bond acceptors (Lipinski definition) is 3. The molecule has 1 aliphatic heterocycles. The van der Waals surface area contributed by atoms with Gasteiger partial charge in [-0.2, -0.15) is 0 Å². The molecule has 0 aromatic rings. The van der Waals surface area contributed by atoms with Gasteiger partial charge in [0.15, 0.2) is 0 Å². The topological polar surface area (TPSA) is 62.9 Å². The lowest BCUT2D eigenvalue weighted by molar-refractivity contribution is 0.114. The van der Waals surface area contributed by atoms with Crippen LogP contribution in [0.15, 0.2) is 4.99 Å². The Kier molecular flexibility index (Phi) is 2.88. The van der Waals surface area contributed by atoms with Crippen molar-refractivity contribution in [1.29, 1.82) is 0 Å². The van der Waals surface area contributed by atoms with Crippen LogP contribution in [0.5, 0.6) is 0 Å². The second kappa shape index (κ2) is 4.14. The lowest BCUT2D eigenvalue weighted by Gasteiger charge is -2.19. The van der Waals surface area contributed by atoms with E-state index in [0.29, 0.717) is 12.1 Å². The van der Waals surface area contributed by atoms with E-state index in [4.69, 9.17) is 10.6 Å². The summed E-state index contributed by atoms with van der Waals surface area (Å²) in [4.78, 5) is 6.67. The molecule has 1 heterocycles. The zero-order valence-corrected chi connectivity index (χ0v) is 8.57. The van der Waals surface area contributed by atoms with E-state index in [9.17, 15) is 0 Å². The minimum atomic E-state index is 0.327. The summed E-state index contributed by atoms with van der Waals surface area (Å²) < 4.78 is 5.29. The Morgan fingerprint density at radius 1 is 1.50 bits per heavy atom. The molecule has 2 aliphatic rings. The van der Waals surface area contributed by atoms with Crippen molar-refractivity contribution in [2.24, 2.45) is 10.8 Å². The number of ether oxygens (including phenoxy) is 1. The number of aliphatic imine (C=N–C) groups is 1. The Morgan fingerprint density at radius 2 is 2.29 bits per heavy atom. The van der Waals surface area contributed by atoms with Gasteiger partial charge >= 0.3 is 0 Å². The molecule has 1 atom stereocenters. The standard InChI is InChI=1S/C9H18N4O/c1-14-8-4-5-13(6-8)9(12-10)11-7-2-3-7/h7-8H,2-6,10H2,1H3,(H,11,12). The Labute approximate surface area is 84.3 Å². The molecule has 0 bridgehead atoms. The third kappa shape index (κ3) is 2.16. The van der Waals surface area contributed by atoms with Crippen molar-refractivity contribution in [3.63, 3.8) is 0 Å². The van der Waals surface area contributed by atoms with Crippen LogP contribution in [0.25, 0.3) is 0 Å². The molecular weight excluding hydrogens is 180 g/mol. The van der Waals surface area contributed by atoms with Gasteiger partial charge < -0.3 is 9.64 Å². The monoisotopic (exact) mass is 198 g/mol. The molecule has 2 rings (SSSR count). The zero-order chi connectivity index (χ0) is 9.97. The van der Waals surface area contributed by atoms with E-state index in [2.05, 4.69) is 15.3 Å². The van der Waals surface area contributed by atoms with Crippen molar-refractivity contribution in [2.45, 2.75) is 31.4 Å². The van der Waals surface area contributed by atoms with Crippen LogP contribution in [0.4, 0.5) is 0 Å². The molecule has 5 nitrogen and oxygen atoms in total. The average Bonchev–Trinajstić information content (AvgIpc) is 2.90. The Balaban J connectivity index is 1.92. The summed E-state index contributed by atoms with van der Waals surface area (Å²) in [5.74, 6) is 6.28. The highest BCUT2D eigenvalue weighted by molar-refractivity contribution is 5.80. The van der Waals surface area contributed by atoms with Gasteiger partial charge in [0.2, 0.25) is 5.96 Å². The molecule has 1 saturated heterocycles. The second-order valence-electron chi connectivity index (χ2n) is 3.92. The van der Waals surface area contributed by atoms with Crippen LogP contribution in [-0.4, -0.2) is 43.2 Å². The number of likely N-dealkylation sites (tertiary alicyclic amines) is 1. The van der Waals surface area contributed by atoms with E-state index in [1.165, 1.54) is 12.8 Å². The van der Waals surface area contributed by atoms with Crippen LogP contribution < -0.4 is 11.3 Å². The van der Waals surface area contributed by atoms with Gasteiger partial charge in [-0.25, -0.2) is 10.8 Å². The van der Waals surface area contributed by atoms with Crippen LogP contribution in [0.1, 0.15) is 19.3 Å². The summed E-state index contributed by atoms with van der Waals surface area (Å²) in [6, 6.07) is 0.502. The first-order valence-electron chi connectivity index (χ1n) is 5.15. The van der Waals surface area contributed by atoms with E-state index in [-0.39, 0.29) is 0 Å². The lowest BCUT2D eigenvalue weighted by atomic mass is 10.3.